The third kappa shape index (κ3) is 7.80. The summed E-state index contributed by atoms with van der Waals surface area (Å²) in [6, 6.07) is 0.791. The molecular formula is C13H30N2. The molecule has 0 amide bonds. The number of nitrogens with zero attached hydrogens (tertiary/aromatic N) is 1. The van der Waals surface area contributed by atoms with Gasteiger partial charge in [-0.2, -0.15) is 0 Å². The molecule has 15 heavy (non-hydrogen) atoms. The molecule has 0 bridgehead atoms. The van der Waals surface area contributed by atoms with Crippen molar-refractivity contribution in [2.75, 3.05) is 26.7 Å². The van der Waals surface area contributed by atoms with E-state index in [-0.39, 0.29) is 0 Å². The minimum absolute atomic E-state index is 0.791. The van der Waals surface area contributed by atoms with Gasteiger partial charge in [0.05, 0.1) is 0 Å². The molecule has 0 heterocycles. The summed E-state index contributed by atoms with van der Waals surface area (Å²) in [6.45, 7) is 10.3. The van der Waals surface area contributed by atoms with Crippen LogP contribution in [0.3, 0.4) is 0 Å². The molecule has 0 aromatic carbocycles. The lowest BCUT2D eigenvalue weighted by Crippen LogP contribution is -2.31. The van der Waals surface area contributed by atoms with Crippen molar-refractivity contribution in [1.29, 1.82) is 0 Å². The normalized spacial score (nSPS) is 11.6. The largest absolute Gasteiger partial charge is 0.317 e. The molecule has 0 aliphatic carbocycles. The smallest absolute Gasteiger partial charge is 0.00869 e. The molecule has 0 saturated heterocycles. The lowest BCUT2D eigenvalue weighted by Gasteiger charge is -2.25. The van der Waals surface area contributed by atoms with Crippen molar-refractivity contribution in [3.63, 3.8) is 0 Å². The second-order valence-electron chi connectivity index (χ2n) is 4.37. The van der Waals surface area contributed by atoms with E-state index in [1.54, 1.807) is 0 Å². The second kappa shape index (κ2) is 10.4. The lowest BCUT2D eigenvalue weighted by molar-refractivity contribution is 0.225. The molecule has 92 valence electrons. The Morgan fingerprint density at radius 1 is 1.00 bits per heavy atom. The average molecular weight is 214 g/mol. The van der Waals surface area contributed by atoms with Crippen molar-refractivity contribution in [1.82, 2.24) is 10.2 Å². The highest BCUT2D eigenvalue weighted by molar-refractivity contribution is 4.64. The summed E-state index contributed by atoms with van der Waals surface area (Å²) >= 11 is 0. The molecule has 2 heteroatoms. The van der Waals surface area contributed by atoms with E-state index in [4.69, 9.17) is 0 Å². The highest BCUT2D eigenvalue weighted by atomic mass is 15.1. The van der Waals surface area contributed by atoms with Crippen LogP contribution in [0, 0.1) is 0 Å². The lowest BCUT2D eigenvalue weighted by atomic mass is 10.1. The summed E-state index contributed by atoms with van der Waals surface area (Å²) in [4.78, 5) is 2.52. The average Bonchev–Trinajstić information content (AvgIpc) is 2.25. The fraction of sp³-hybridized carbons (Fsp3) is 1.00. The molecule has 0 aliphatic heterocycles. The van der Waals surface area contributed by atoms with Gasteiger partial charge >= 0.3 is 0 Å². The molecule has 0 saturated carbocycles. The van der Waals surface area contributed by atoms with Crippen LogP contribution in [0.4, 0.5) is 0 Å². The van der Waals surface area contributed by atoms with Gasteiger partial charge in [-0.25, -0.2) is 0 Å². The molecule has 0 unspecified atom stereocenters. The van der Waals surface area contributed by atoms with Gasteiger partial charge in [0.15, 0.2) is 0 Å². The summed E-state index contributed by atoms with van der Waals surface area (Å²) in [7, 11) is 2.27. The summed E-state index contributed by atoms with van der Waals surface area (Å²) in [5.41, 5.74) is 0. The van der Waals surface area contributed by atoms with Crippen LogP contribution in [0.2, 0.25) is 0 Å². The van der Waals surface area contributed by atoms with Crippen LogP contribution in [0.5, 0.6) is 0 Å². The summed E-state index contributed by atoms with van der Waals surface area (Å²) in [6.07, 6.45) is 6.59. The van der Waals surface area contributed by atoms with Crippen molar-refractivity contribution in [3.8, 4) is 0 Å². The predicted octanol–water partition coefficient (Wildman–Crippen LogP) is 2.89. The third-order valence-corrected chi connectivity index (χ3v) is 3.18. The van der Waals surface area contributed by atoms with E-state index in [2.05, 4.69) is 38.0 Å². The molecule has 0 spiro atoms. The Hall–Kier alpha value is -0.0800. The number of hydrogen-bond donors (Lipinski definition) is 1. The molecule has 0 aromatic rings. The van der Waals surface area contributed by atoms with Crippen LogP contribution in [0.15, 0.2) is 0 Å². The topological polar surface area (TPSA) is 15.3 Å². The molecule has 0 radical (unpaired) electrons. The Balaban J connectivity index is 3.33. The van der Waals surface area contributed by atoms with Gasteiger partial charge in [-0.15, -0.1) is 0 Å². The van der Waals surface area contributed by atoms with E-state index in [1.807, 2.05) is 0 Å². The van der Waals surface area contributed by atoms with E-state index in [9.17, 15) is 0 Å². The number of nitrogens with one attached hydrogen (secondary N) is 1. The maximum atomic E-state index is 3.37. The number of unbranched alkanes of at least 4 members (excludes halogenated alkanes) is 2. The van der Waals surface area contributed by atoms with Crippen LogP contribution < -0.4 is 5.32 Å². The Morgan fingerprint density at radius 2 is 1.67 bits per heavy atom. The monoisotopic (exact) mass is 214 g/mol. The fourth-order valence-corrected chi connectivity index (χ4v) is 2.06. The highest BCUT2D eigenvalue weighted by Crippen LogP contribution is 2.07. The van der Waals surface area contributed by atoms with Gasteiger partial charge in [-0.1, -0.05) is 27.2 Å². The Morgan fingerprint density at radius 3 is 2.20 bits per heavy atom. The van der Waals surface area contributed by atoms with E-state index in [0.29, 0.717) is 0 Å². The molecule has 0 aliphatic rings. The Labute approximate surface area is 96.4 Å². The number of hydrogen-bond acceptors (Lipinski definition) is 2. The zero-order chi connectivity index (χ0) is 11.5. The van der Waals surface area contributed by atoms with Crippen molar-refractivity contribution >= 4 is 0 Å². The van der Waals surface area contributed by atoms with E-state index >= 15 is 0 Å². The van der Waals surface area contributed by atoms with Crippen LogP contribution in [0.1, 0.15) is 52.9 Å². The van der Waals surface area contributed by atoms with Crippen molar-refractivity contribution in [3.05, 3.63) is 0 Å². The zero-order valence-electron chi connectivity index (χ0n) is 11.2. The molecule has 0 atom stereocenters. The summed E-state index contributed by atoms with van der Waals surface area (Å²) < 4.78 is 0. The third-order valence-electron chi connectivity index (χ3n) is 3.18. The first-order chi connectivity index (χ1) is 7.26. The first-order valence-corrected chi connectivity index (χ1v) is 6.67. The van der Waals surface area contributed by atoms with Gasteiger partial charge in [-0.05, 0) is 52.4 Å². The summed E-state index contributed by atoms with van der Waals surface area (Å²) in [5, 5.41) is 3.37. The van der Waals surface area contributed by atoms with Crippen LogP contribution in [-0.2, 0) is 0 Å². The molecule has 1 N–H and O–H groups in total. The minimum atomic E-state index is 0.791. The van der Waals surface area contributed by atoms with E-state index < -0.39 is 0 Å². The van der Waals surface area contributed by atoms with Gasteiger partial charge in [0.1, 0.15) is 0 Å². The van der Waals surface area contributed by atoms with Crippen LogP contribution in [0.25, 0.3) is 0 Å². The fourth-order valence-electron chi connectivity index (χ4n) is 2.06. The standard InChI is InChI=1S/C13H30N2/c1-5-13(6-2)15(4)12-10-8-9-11-14-7-3/h13-14H,5-12H2,1-4H3. The zero-order valence-corrected chi connectivity index (χ0v) is 11.2. The molecular weight excluding hydrogens is 184 g/mol. The molecule has 0 fully saturated rings. The maximum Gasteiger partial charge on any atom is 0.00869 e. The van der Waals surface area contributed by atoms with Gasteiger partial charge in [0.25, 0.3) is 0 Å². The minimum Gasteiger partial charge on any atom is -0.317 e. The SMILES string of the molecule is CCNCCCCCN(C)C(CC)CC. The maximum absolute atomic E-state index is 3.37. The van der Waals surface area contributed by atoms with Gasteiger partial charge < -0.3 is 10.2 Å². The van der Waals surface area contributed by atoms with Crippen molar-refractivity contribution in [2.45, 2.75) is 58.9 Å². The Bertz CT molecular complexity index is 122. The van der Waals surface area contributed by atoms with Crippen molar-refractivity contribution in [2.24, 2.45) is 0 Å². The van der Waals surface area contributed by atoms with Crippen molar-refractivity contribution < 1.29 is 0 Å². The first-order valence-electron chi connectivity index (χ1n) is 6.67. The molecule has 0 aromatic heterocycles. The summed E-state index contributed by atoms with van der Waals surface area (Å²) in [5.74, 6) is 0. The van der Waals surface area contributed by atoms with Gasteiger partial charge in [-0.3, -0.25) is 0 Å². The van der Waals surface area contributed by atoms with Crippen LogP contribution >= 0.6 is 0 Å². The quantitative estimate of drug-likeness (QED) is 0.563. The molecule has 2 nitrogen and oxygen atoms in total. The predicted molar refractivity (Wildman–Crippen MR) is 69.4 cm³/mol. The van der Waals surface area contributed by atoms with Crippen LogP contribution in [-0.4, -0.2) is 37.6 Å². The first kappa shape index (κ1) is 14.9. The van der Waals surface area contributed by atoms with Gasteiger partial charge in [0.2, 0.25) is 0 Å². The number of rotatable bonds is 10. The second-order valence-corrected chi connectivity index (χ2v) is 4.37. The Kier molecular flexibility index (Phi) is 10.4. The molecule has 0 rings (SSSR count). The highest BCUT2D eigenvalue weighted by Gasteiger charge is 2.08. The van der Waals surface area contributed by atoms with Gasteiger partial charge in [0, 0.05) is 6.04 Å². The van der Waals surface area contributed by atoms with E-state index in [1.165, 1.54) is 45.2 Å². The van der Waals surface area contributed by atoms with E-state index in [0.717, 1.165) is 12.6 Å².